The number of aromatic nitrogens is 3. The van der Waals surface area contributed by atoms with E-state index in [2.05, 4.69) is 10.1 Å². The van der Waals surface area contributed by atoms with Crippen LogP contribution < -0.4 is 0 Å². The Bertz CT molecular complexity index is 760. The standard InChI is InChI=1S/C14H10N4O4/c19-11-9-3-1-2-4-10(9)12(20)18(11)22-13(21)14(5-6-14)17-8-15-7-16-17/h1-4,7-8H,5-6H2. The third-order valence-corrected chi connectivity index (χ3v) is 3.89. The molecule has 2 heterocycles. The van der Waals surface area contributed by atoms with Crippen LogP contribution in [-0.2, 0) is 15.2 Å². The van der Waals surface area contributed by atoms with Gasteiger partial charge in [0, 0.05) is 0 Å². The molecule has 2 amide bonds. The molecule has 2 aromatic rings. The average Bonchev–Trinajstić information content (AvgIpc) is 3.10. The highest BCUT2D eigenvalue weighted by molar-refractivity contribution is 6.21. The number of hydrogen-bond donors (Lipinski definition) is 0. The van der Waals surface area contributed by atoms with Crippen LogP contribution in [0.2, 0.25) is 0 Å². The maximum absolute atomic E-state index is 12.4. The van der Waals surface area contributed by atoms with E-state index in [1.165, 1.54) is 29.5 Å². The van der Waals surface area contributed by atoms with E-state index < -0.39 is 23.3 Å². The van der Waals surface area contributed by atoms with Gasteiger partial charge in [-0.25, -0.2) is 14.5 Å². The number of imide groups is 1. The van der Waals surface area contributed by atoms with Crippen molar-refractivity contribution in [2.75, 3.05) is 0 Å². The lowest BCUT2D eigenvalue weighted by Crippen LogP contribution is -2.39. The molecule has 0 N–H and O–H groups in total. The zero-order chi connectivity index (χ0) is 15.3. The summed E-state index contributed by atoms with van der Waals surface area (Å²) in [5.74, 6) is -1.96. The summed E-state index contributed by atoms with van der Waals surface area (Å²) in [7, 11) is 0. The Morgan fingerprint density at radius 1 is 1.14 bits per heavy atom. The first-order valence-corrected chi connectivity index (χ1v) is 6.69. The first-order chi connectivity index (χ1) is 10.6. The second-order valence-electron chi connectivity index (χ2n) is 5.20. The van der Waals surface area contributed by atoms with Crippen molar-refractivity contribution in [3.8, 4) is 0 Å². The van der Waals surface area contributed by atoms with Crippen LogP contribution in [0.15, 0.2) is 36.9 Å². The summed E-state index contributed by atoms with van der Waals surface area (Å²) >= 11 is 0. The number of fused-ring (bicyclic) bond motifs is 1. The largest absolute Gasteiger partial charge is 0.360 e. The predicted octanol–water partition coefficient (Wildman–Crippen LogP) is 0.522. The lowest BCUT2D eigenvalue weighted by molar-refractivity contribution is -0.175. The number of rotatable bonds is 3. The molecule has 0 unspecified atom stereocenters. The zero-order valence-electron chi connectivity index (χ0n) is 11.3. The topological polar surface area (TPSA) is 94.4 Å². The maximum Gasteiger partial charge on any atom is 0.360 e. The number of benzene rings is 1. The molecule has 22 heavy (non-hydrogen) atoms. The Morgan fingerprint density at radius 2 is 1.77 bits per heavy atom. The van der Waals surface area contributed by atoms with E-state index in [0.717, 1.165) is 0 Å². The van der Waals surface area contributed by atoms with Crippen LogP contribution in [-0.4, -0.2) is 37.6 Å². The molecule has 0 atom stereocenters. The van der Waals surface area contributed by atoms with E-state index in [4.69, 9.17) is 4.84 Å². The first-order valence-electron chi connectivity index (χ1n) is 6.69. The molecular formula is C14H10N4O4. The monoisotopic (exact) mass is 298 g/mol. The van der Waals surface area contributed by atoms with Crippen LogP contribution in [0.25, 0.3) is 0 Å². The highest BCUT2D eigenvalue weighted by atomic mass is 16.7. The first kappa shape index (κ1) is 12.7. The van der Waals surface area contributed by atoms with Crippen molar-refractivity contribution in [2.45, 2.75) is 18.4 Å². The molecule has 1 aliphatic carbocycles. The second kappa shape index (κ2) is 4.23. The number of amides is 2. The van der Waals surface area contributed by atoms with Crippen LogP contribution in [0.3, 0.4) is 0 Å². The molecule has 0 bridgehead atoms. The van der Waals surface area contributed by atoms with Gasteiger partial charge in [-0.2, -0.15) is 5.10 Å². The van der Waals surface area contributed by atoms with E-state index in [0.29, 0.717) is 17.9 Å². The minimum atomic E-state index is -0.966. The summed E-state index contributed by atoms with van der Waals surface area (Å²) < 4.78 is 1.40. The van der Waals surface area contributed by atoms with Crippen LogP contribution in [0.4, 0.5) is 0 Å². The quantitative estimate of drug-likeness (QED) is 0.767. The van der Waals surface area contributed by atoms with Crippen molar-refractivity contribution >= 4 is 17.8 Å². The SMILES string of the molecule is O=C1c2ccccc2C(=O)N1OC(=O)C1(n2cncn2)CC1. The van der Waals surface area contributed by atoms with Crippen molar-refractivity contribution in [3.05, 3.63) is 48.0 Å². The van der Waals surface area contributed by atoms with Gasteiger partial charge in [0.2, 0.25) is 0 Å². The molecule has 1 aromatic heterocycles. The van der Waals surface area contributed by atoms with Gasteiger partial charge < -0.3 is 4.84 Å². The Morgan fingerprint density at radius 3 is 2.27 bits per heavy atom. The Kier molecular flexibility index (Phi) is 2.44. The number of carbonyl (C=O) groups excluding carboxylic acids is 3. The minimum Gasteiger partial charge on any atom is -0.327 e. The summed E-state index contributed by atoms with van der Waals surface area (Å²) in [6.45, 7) is 0. The molecule has 8 nitrogen and oxygen atoms in total. The maximum atomic E-state index is 12.4. The van der Waals surface area contributed by atoms with Gasteiger partial charge in [0.05, 0.1) is 11.1 Å². The molecule has 1 saturated carbocycles. The van der Waals surface area contributed by atoms with Gasteiger partial charge in [-0.15, -0.1) is 0 Å². The van der Waals surface area contributed by atoms with Crippen molar-refractivity contribution in [1.82, 2.24) is 19.8 Å². The molecule has 1 aromatic carbocycles. The van der Waals surface area contributed by atoms with Gasteiger partial charge in [0.25, 0.3) is 11.8 Å². The molecule has 1 fully saturated rings. The molecule has 2 aliphatic rings. The van der Waals surface area contributed by atoms with Crippen molar-refractivity contribution < 1.29 is 19.2 Å². The van der Waals surface area contributed by atoms with E-state index in [-0.39, 0.29) is 11.1 Å². The lowest BCUT2D eigenvalue weighted by atomic mass is 10.1. The van der Waals surface area contributed by atoms with E-state index in [9.17, 15) is 14.4 Å². The molecule has 0 saturated heterocycles. The Balaban J connectivity index is 1.60. The van der Waals surface area contributed by atoms with E-state index >= 15 is 0 Å². The fraction of sp³-hybridized carbons (Fsp3) is 0.214. The zero-order valence-corrected chi connectivity index (χ0v) is 11.3. The molecule has 0 spiro atoms. The van der Waals surface area contributed by atoms with Crippen LogP contribution in [0.5, 0.6) is 0 Å². The molecule has 0 radical (unpaired) electrons. The normalized spacial score (nSPS) is 18.3. The molecule has 4 rings (SSSR count). The Labute approximate surface area is 124 Å². The summed E-state index contributed by atoms with van der Waals surface area (Å²) in [6, 6.07) is 6.34. The average molecular weight is 298 g/mol. The van der Waals surface area contributed by atoms with Crippen molar-refractivity contribution in [2.24, 2.45) is 0 Å². The summed E-state index contributed by atoms with van der Waals surface area (Å²) in [6.07, 6.45) is 3.78. The number of hydrogen-bond acceptors (Lipinski definition) is 6. The van der Waals surface area contributed by atoms with Crippen molar-refractivity contribution in [1.29, 1.82) is 0 Å². The summed E-state index contributed by atoms with van der Waals surface area (Å²) in [4.78, 5) is 45.6. The van der Waals surface area contributed by atoms with Crippen molar-refractivity contribution in [3.63, 3.8) is 0 Å². The molecule has 8 heteroatoms. The lowest BCUT2D eigenvalue weighted by Gasteiger charge is -2.18. The van der Waals surface area contributed by atoms with Crippen LogP contribution in [0, 0.1) is 0 Å². The van der Waals surface area contributed by atoms with Gasteiger partial charge in [0.1, 0.15) is 12.7 Å². The van der Waals surface area contributed by atoms with Gasteiger partial charge in [-0.3, -0.25) is 9.59 Å². The molecule has 1 aliphatic heterocycles. The number of carbonyl (C=O) groups is 3. The molecule has 110 valence electrons. The van der Waals surface area contributed by atoms with Gasteiger partial charge in [0.15, 0.2) is 5.54 Å². The number of hydroxylamine groups is 2. The van der Waals surface area contributed by atoms with Gasteiger partial charge in [-0.1, -0.05) is 17.2 Å². The third kappa shape index (κ3) is 1.60. The fourth-order valence-electron chi connectivity index (χ4n) is 2.49. The van der Waals surface area contributed by atoms with Crippen LogP contribution in [0.1, 0.15) is 33.6 Å². The number of nitrogens with zero attached hydrogens (tertiary/aromatic N) is 4. The van der Waals surface area contributed by atoms with E-state index in [1.54, 1.807) is 12.1 Å². The second-order valence-corrected chi connectivity index (χ2v) is 5.20. The smallest absolute Gasteiger partial charge is 0.327 e. The van der Waals surface area contributed by atoms with E-state index in [1.807, 2.05) is 0 Å². The highest BCUT2D eigenvalue weighted by Crippen LogP contribution is 2.44. The highest BCUT2D eigenvalue weighted by Gasteiger charge is 2.56. The third-order valence-electron chi connectivity index (χ3n) is 3.89. The van der Waals surface area contributed by atoms with Gasteiger partial charge >= 0.3 is 5.97 Å². The summed E-state index contributed by atoms with van der Waals surface area (Å²) in [5.41, 5.74) is -0.511. The van der Waals surface area contributed by atoms with Gasteiger partial charge in [-0.05, 0) is 25.0 Å². The summed E-state index contributed by atoms with van der Waals surface area (Å²) in [5, 5.41) is 4.46. The predicted molar refractivity (Wildman–Crippen MR) is 70.3 cm³/mol. The molecular weight excluding hydrogens is 288 g/mol. The minimum absolute atomic E-state index is 0.228. The Hall–Kier alpha value is -3.03. The van der Waals surface area contributed by atoms with Crippen LogP contribution >= 0.6 is 0 Å². The fourth-order valence-corrected chi connectivity index (χ4v) is 2.49.